The zero-order valence-corrected chi connectivity index (χ0v) is 12.0. The fourth-order valence-electron chi connectivity index (χ4n) is 1.85. The molecule has 1 aromatic carbocycles. The van der Waals surface area contributed by atoms with Gasteiger partial charge in [-0.15, -0.1) is 11.6 Å². The Morgan fingerprint density at radius 3 is 2.61 bits per heavy atom. The standard InChI is InChI=1S/C15H22ClNO/c1-12-7-8-13(2)14(11-12)15(18)17-10-6-4-3-5-9-16/h7-8,11H,3-6,9-10H2,1-2H3,(H,17,18). The first-order valence-corrected chi connectivity index (χ1v) is 7.10. The average Bonchev–Trinajstić information content (AvgIpc) is 2.36. The van der Waals surface area contributed by atoms with Crippen LogP contribution in [0.4, 0.5) is 0 Å². The molecule has 0 saturated heterocycles. The number of unbranched alkanes of at least 4 members (excludes halogenated alkanes) is 3. The second-order valence-corrected chi connectivity index (χ2v) is 5.06. The van der Waals surface area contributed by atoms with E-state index >= 15 is 0 Å². The fraction of sp³-hybridized carbons (Fsp3) is 0.533. The van der Waals surface area contributed by atoms with Crippen LogP contribution in [0.25, 0.3) is 0 Å². The fourth-order valence-corrected chi connectivity index (χ4v) is 2.04. The molecule has 0 aliphatic rings. The minimum atomic E-state index is 0.0357. The molecule has 0 atom stereocenters. The number of aryl methyl sites for hydroxylation is 2. The summed E-state index contributed by atoms with van der Waals surface area (Å²) in [6.07, 6.45) is 4.35. The van der Waals surface area contributed by atoms with Gasteiger partial charge in [0.25, 0.3) is 5.91 Å². The molecular weight excluding hydrogens is 246 g/mol. The number of benzene rings is 1. The van der Waals surface area contributed by atoms with Crippen molar-refractivity contribution in [2.24, 2.45) is 0 Å². The van der Waals surface area contributed by atoms with Crippen molar-refractivity contribution in [3.8, 4) is 0 Å². The summed E-state index contributed by atoms with van der Waals surface area (Å²) in [7, 11) is 0. The molecular formula is C15H22ClNO. The average molecular weight is 268 g/mol. The summed E-state index contributed by atoms with van der Waals surface area (Å²) in [5.74, 6) is 0.767. The van der Waals surface area contributed by atoms with Crippen LogP contribution in [-0.4, -0.2) is 18.3 Å². The van der Waals surface area contributed by atoms with E-state index in [2.05, 4.69) is 5.32 Å². The Labute approximate surface area is 115 Å². The topological polar surface area (TPSA) is 29.1 Å². The number of hydrogen-bond acceptors (Lipinski definition) is 1. The van der Waals surface area contributed by atoms with Crippen LogP contribution in [0.1, 0.15) is 47.2 Å². The smallest absolute Gasteiger partial charge is 0.251 e. The van der Waals surface area contributed by atoms with Gasteiger partial charge in [0.2, 0.25) is 0 Å². The normalized spacial score (nSPS) is 10.4. The number of amides is 1. The maximum Gasteiger partial charge on any atom is 0.251 e. The maximum atomic E-state index is 12.0. The number of hydrogen-bond donors (Lipinski definition) is 1. The van der Waals surface area contributed by atoms with Crippen molar-refractivity contribution < 1.29 is 4.79 Å². The Balaban J connectivity index is 2.34. The summed E-state index contributed by atoms with van der Waals surface area (Å²) in [6, 6.07) is 5.96. The summed E-state index contributed by atoms with van der Waals surface area (Å²) in [6.45, 7) is 4.71. The zero-order chi connectivity index (χ0) is 13.4. The van der Waals surface area contributed by atoms with Crippen LogP contribution in [0, 0.1) is 13.8 Å². The predicted molar refractivity (Wildman–Crippen MR) is 77.4 cm³/mol. The molecule has 0 aromatic heterocycles. The quantitative estimate of drug-likeness (QED) is 0.590. The van der Waals surface area contributed by atoms with E-state index in [9.17, 15) is 4.79 Å². The van der Waals surface area contributed by atoms with Gasteiger partial charge in [-0.05, 0) is 38.3 Å². The third kappa shape index (κ3) is 5.09. The molecule has 0 fully saturated rings. The van der Waals surface area contributed by atoms with Crippen molar-refractivity contribution >= 4 is 17.5 Å². The molecule has 1 amide bonds. The van der Waals surface area contributed by atoms with Crippen LogP contribution in [0.2, 0.25) is 0 Å². The van der Waals surface area contributed by atoms with Gasteiger partial charge in [-0.25, -0.2) is 0 Å². The van der Waals surface area contributed by atoms with Gasteiger partial charge in [0.1, 0.15) is 0 Å². The van der Waals surface area contributed by atoms with Crippen molar-refractivity contribution in [3.63, 3.8) is 0 Å². The number of rotatable bonds is 7. The minimum absolute atomic E-state index is 0.0357. The van der Waals surface area contributed by atoms with Crippen LogP contribution in [0.3, 0.4) is 0 Å². The van der Waals surface area contributed by atoms with Gasteiger partial charge in [0.15, 0.2) is 0 Å². The van der Waals surface area contributed by atoms with Gasteiger partial charge in [0, 0.05) is 18.0 Å². The minimum Gasteiger partial charge on any atom is -0.352 e. The third-order valence-electron chi connectivity index (χ3n) is 2.98. The highest BCUT2D eigenvalue weighted by Gasteiger charge is 2.07. The monoisotopic (exact) mass is 267 g/mol. The van der Waals surface area contributed by atoms with Crippen molar-refractivity contribution in [2.75, 3.05) is 12.4 Å². The lowest BCUT2D eigenvalue weighted by Gasteiger charge is -2.08. The van der Waals surface area contributed by atoms with Crippen LogP contribution in [0.5, 0.6) is 0 Å². The molecule has 0 heterocycles. The van der Waals surface area contributed by atoms with Crippen LogP contribution < -0.4 is 5.32 Å². The first-order valence-electron chi connectivity index (χ1n) is 6.56. The second kappa shape index (κ2) is 8.15. The molecule has 0 spiro atoms. The van der Waals surface area contributed by atoms with Crippen molar-refractivity contribution in [2.45, 2.75) is 39.5 Å². The van der Waals surface area contributed by atoms with E-state index in [-0.39, 0.29) is 5.91 Å². The summed E-state index contributed by atoms with van der Waals surface area (Å²) in [4.78, 5) is 12.0. The van der Waals surface area contributed by atoms with Crippen molar-refractivity contribution in [1.82, 2.24) is 5.32 Å². The van der Waals surface area contributed by atoms with E-state index in [1.165, 1.54) is 0 Å². The number of alkyl halides is 1. The van der Waals surface area contributed by atoms with Gasteiger partial charge in [0.05, 0.1) is 0 Å². The molecule has 18 heavy (non-hydrogen) atoms. The van der Waals surface area contributed by atoms with E-state index in [1.807, 2.05) is 32.0 Å². The molecule has 0 bridgehead atoms. The molecule has 100 valence electrons. The Kier molecular flexibility index (Phi) is 6.81. The summed E-state index contributed by atoms with van der Waals surface area (Å²) >= 11 is 5.61. The number of carbonyl (C=O) groups excluding carboxylic acids is 1. The van der Waals surface area contributed by atoms with Gasteiger partial charge in [-0.1, -0.05) is 30.5 Å². The van der Waals surface area contributed by atoms with Gasteiger partial charge >= 0.3 is 0 Å². The van der Waals surface area contributed by atoms with Gasteiger partial charge in [-0.2, -0.15) is 0 Å². The third-order valence-corrected chi connectivity index (χ3v) is 3.25. The Morgan fingerprint density at radius 2 is 1.89 bits per heavy atom. The number of halogens is 1. The largest absolute Gasteiger partial charge is 0.352 e. The molecule has 1 aromatic rings. The molecule has 2 nitrogen and oxygen atoms in total. The molecule has 0 aliphatic carbocycles. The Hall–Kier alpha value is -1.02. The van der Waals surface area contributed by atoms with E-state index in [0.717, 1.165) is 54.8 Å². The summed E-state index contributed by atoms with van der Waals surface area (Å²) in [5.41, 5.74) is 2.93. The zero-order valence-electron chi connectivity index (χ0n) is 11.3. The summed E-state index contributed by atoms with van der Waals surface area (Å²) < 4.78 is 0. The predicted octanol–water partition coefficient (Wildman–Crippen LogP) is 3.83. The van der Waals surface area contributed by atoms with Crippen molar-refractivity contribution in [1.29, 1.82) is 0 Å². The van der Waals surface area contributed by atoms with Crippen LogP contribution >= 0.6 is 11.6 Å². The molecule has 1 N–H and O–H groups in total. The highest BCUT2D eigenvalue weighted by Crippen LogP contribution is 2.10. The molecule has 0 aliphatic heterocycles. The highest BCUT2D eigenvalue weighted by molar-refractivity contribution is 6.17. The highest BCUT2D eigenvalue weighted by atomic mass is 35.5. The van der Waals surface area contributed by atoms with Gasteiger partial charge < -0.3 is 5.32 Å². The van der Waals surface area contributed by atoms with Crippen LogP contribution in [-0.2, 0) is 0 Å². The number of nitrogens with one attached hydrogen (secondary N) is 1. The Bertz CT molecular complexity index is 390. The molecule has 1 rings (SSSR count). The van der Waals surface area contributed by atoms with Gasteiger partial charge in [-0.3, -0.25) is 4.79 Å². The molecule has 3 heteroatoms. The van der Waals surface area contributed by atoms with E-state index in [1.54, 1.807) is 0 Å². The first kappa shape index (κ1) is 15.0. The summed E-state index contributed by atoms with van der Waals surface area (Å²) in [5, 5.41) is 2.97. The lowest BCUT2D eigenvalue weighted by Crippen LogP contribution is -2.25. The lowest BCUT2D eigenvalue weighted by atomic mass is 10.1. The van der Waals surface area contributed by atoms with Crippen molar-refractivity contribution in [3.05, 3.63) is 34.9 Å². The molecule has 0 radical (unpaired) electrons. The first-order chi connectivity index (χ1) is 8.65. The van der Waals surface area contributed by atoms with E-state index in [4.69, 9.17) is 11.6 Å². The number of carbonyl (C=O) groups is 1. The second-order valence-electron chi connectivity index (χ2n) is 4.68. The SMILES string of the molecule is Cc1ccc(C)c(C(=O)NCCCCCCCl)c1. The molecule has 0 unspecified atom stereocenters. The Morgan fingerprint density at radius 1 is 1.17 bits per heavy atom. The molecule has 0 saturated carbocycles. The van der Waals surface area contributed by atoms with E-state index < -0.39 is 0 Å². The maximum absolute atomic E-state index is 12.0. The van der Waals surface area contributed by atoms with E-state index in [0.29, 0.717) is 0 Å². The lowest BCUT2D eigenvalue weighted by molar-refractivity contribution is 0.0952. The van der Waals surface area contributed by atoms with Crippen LogP contribution in [0.15, 0.2) is 18.2 Å².